The molecule has 142 valence electrons. The zero-order valence-corrected chi connectivity index (χ0v) is 17.2. The van der Waals surface area contributed by atoms with Crippen LogP contribution in [-0.4, -0.2) is 21.0 Å². The number of hydrogen-bond donors (Lipinski definition) is 2. The molecule has 3 heterocycles. The van der Waals surface area contributed by atoms with Gasteiger partial charge in [0.2, 0.25) is 0 Å². The summed E-state index contributed by atoms with van der Waals surface area (Å²) in [7, 11) is 1.94. The van der Waals surface area contributed by atoms with E-state index < -0.39 is 0 Å². The molecule has 0 amide bonds. The first-order chi connectivity index (χ1) is 13.6. The number of hydrogen-bond acceptors (Lipinski definition) is 5. The van der Waals surface area contributed by atoms with E-state index in [0.29, 0.717) is 5.02 Å². The molecule has 0 bridgehead atoms. The summed E-state index contributed by atoms with van der Waals surface area (Å²) in [6, 6.07) is 12.0. The molecule has 0 fully saturated rings. The number of aryl methyl sites for hydroxylation is 1. The normalized spacial score (nSPS) is 11.1. The Balaban J connectivity index is 1.73. The van der Waals surface area contributed by atoms with E-state index in [0.717, 1.165) is 45.0 Å². The first kappa shape index (κ1) is 18.8. The van der Waals surface area contributed by atoms with Crippen LogP contribution < -0.4 is 10.6 Å². The molecular weight excluding hydrogens is 390 g/mol. The molecule has 3 aromatic heterocycles. The van der Waals surface area contributed by atoms with Crippen molar-refractivity contribution in [3.63, 3.8) is 0 Å². The quantitative estimate of drug-likeness (QED) is 0.445. The van der Waals surface area contributed by atoms with Gasteiger partial charge in [0.15, 0.2) is 0 Å². The van der Waals surface area contributed by atoms with Crippen LogP contribution >= 0.6 is 23.5 Å². The average Bonchev–Trinajstić information content (AvgIpc) is 3.02. The van der Waals surface area contributed by atoms with E-state index in [1.54, 1.807) is 18.1 Å². The van der Waals surface area contributed by atoms with Gasteiger partial charge in [0, 0.05) is 35.6 Å². The second-order valence-corrected chi connectivity index (χ2v) is 7.95. The molecule has 1 aromatic carbocycles. The maximum Gasteiger partial charge on any atom is 0.0937 e. The Kier molecular flexibility index (Phi) is 5.52. The van der Waals surface area contributed by atoms with Gasteiger partial charge in [-0.1, -0.05) is 17.7 Å². The zero-order chi connectivity index (χ0) is 19.5. The van der Waals surface area contributed by atoms with Crippen LogP contribution in [0.2, 0.25) is 5.02 Å². The summed E-state index contributed by atoms with van der Waals surface area (Å²) in [6.07, 6.45) is 7.60. The fourth-order valence-corrected chi connectivity index (χ4v) is 4.17. The Bertz CT molecular complexity index is 1110. The standard InChI is InChI=1S/C21H20ClN5S/c1-14-5-6-19(18(22)8-14)26-16-9-20-21(25-11-16)15(10-23-2)13-27(20)28-17-4-3-7-24-12-17/h3-9,11-13,23,26H,10H2,1-2H3. The molecule has 0 spiro atoms. The molecule has 2 N–H and O–H groups in total. The van der Waals surface area contributed by atoms with Crippen LogP contribution in [0.25, 0.3) is 11.0 Å². The highest BCUT2D eigenvalue weighted by molar-refractivity contribution is 7.98. The molecule has 0 aliphatic rings. The smallest absolute Gasteiger partial charge is 0.0937 e. The first-order valence-electron chi connectivity index (χ1n) is 8.90. The van der Waals surface area contributed by atoms with Crippen LogP contribution in [0.3, 0.4) is 0 Å². The van der Waals surface area contributed by atoms with Gasteiger partial charge >= 0.3 is 0 Å². The third kappa shape index (κ3) is 3.99. The van der Waals surface area contributed by atoms with Gasteiger partial charge < -0.3 is 10.6 Å². The Morgan fingerprint density at radius 1 is 1.18 bits per heavy atom. The third-order valence-electron chi connectivity index (χ3n) is 4.29. The van der Waals surface area contributed by atoms with E-state index in [1.165, 1.54) is 0 Å². The van der Waals surface area contributed by atoms with Crippen molar-refractivity contribution in [1.82, 2.24) is 19.3 Å². The Hall–Kier alpha value is -2.54. The number of fused-ring (bicyclic) bond motifs is 1. The molecule has 0 atom stereocenters. The highest BCUT2D eigenvalue weighted by Gasteiger charge is 2.12. The minimum atomic E-state index is 0.691. The topological polar surface area (TPSA) is 54.8 Å². The van der Waals surface area contributed by atoms with Crippen LogP contribution in [0.1, 0.15) is 11.1 Å². The minimum Gasteiger partial charge on any atom is -0.353 e. The lowest BCUT2D eigenvalue weighted by Crippen LogP contribution is -2.04. The van der Waals surface area contributed by atoms with Gasteiger partial charge in [-0.05, 0) is 61.8 Å². The Labute approximate surface area is 173 Å². The van der Waals surface area contributed by atoms with Crippen molar-refractivity contribution in [1.29, 1.82) is 0 Å². The van der Waals surface area contributed by atoms with Crippen molar-refractivity contribution >= 4 is 46.0 Å². The second-order valence-electron chi connectivity index (χ2n) is 6.49. The number of nitrogens with one attached hydrogen (secondary N) is 2. The molecule has 4 aromatic rings. The second kappa shape index (κ2) is 8.22. The SMILES string of the molecule is CNCc1cn(Sc2cccnc2)c2cc(Nc3ccc(C)cc3Cl)cnc12. The zero-order valence-electron chi connectivity index (χ0n) is 15.6. The van der Waals surface area contributed by atoms with E-state index in [2.05, 4.69) is 31.9 Å². The molecule has 28 heavy (non-hydrogen) atoms. The van der Waals surface area contributed by atoms with Gasteiger partial charge in [-0.3, -0.25) is 13.9 Å². The van der Waals surface area contributed by atoms with E-state index in [4.69, 9.17) is 16.6 Å². The number of benzene rings is 1. The predicted octanol–water partition coefficient (Wildman–Crippen LogP) is 5.41. The molecule has 0 saturated heterocycles. The molecule has 5 nitrogen and oxygen atoms in total. The maximum atomic E-state index is 6.37. The summed E-state index contributed by atoms with van der Waals surface area (Å²) >= 11 is 7.99. The summed E-state index contributed by atoms with van der Waals surface area (Å²) in [6.45, 7) is 2.77. The molecular formula is C21H20ClN5S. The summed E-state index contributed by atoms with van der Waals surface area (Å²) in [5.41, 5.74) is 6.04. The molecule has 0 unspecified atom stereocenters. The maximum absolute atomic E-state index is 6.37. The van der Waals surface area contributed by atoms with Crippen LogP contribution in [0.5, 0.6) is 0 Å². The van der Waals surface area contributed by atoms with Crippen molar-refractivity contribution in [3.05, 3.63) is 77.3 Å². The molecule has 0 aliphatic heterocycles. The van der Waals surface area contributed by atoms with Crippen molar-refractivity contribution in [2.45, 2.75) is 18.4 Å². The number of nitrogens with zero attached hydrogens (tertiary/aromatic N) is 3. The summed E-state index contributed by atoms with van der Waals surface area (Å²) in [5.74, 6) is 0. The summed E-state index contributed by atoms with van der Waals surface area (Å²) in [5, 5.41) is 7.28. The monoisotopic (exact) mass is 409 g/mol. The van der Waals surface area contributed by atoms with E-state index in [1.807, 2.05) is 56.7 Å². The number of anilines is 2. The van der Waals surface area contributed by atoms with E-state index >= 15 is 0 Å². The molecule has 0 saturated carbocycles. The van der Waals surface area contributed by atoms with Crippen molar-refractivity contribution in [2.24, 2.45) is 0 Å². The molecule has 0 aliphatic carbocycles. The largest absolute Gasteiger partial charge is 0.353 e. The van der Waals surface area contributed by atoms with Crippen LogP contribution in [-0.2, 0) is 6.54 Å². The minimum absolute atomic E-state index is 0.691. The molecule has 4 rings (SSSR count). The van der Waals surface area contributed by atoms with E-state index in [-0.39, 0.29) is 0 Å². The lowest BCUT2D eigenvalue weighted by Gasteiger charge is -2.10. The average molecular weight is 410 g/mol. The predicted molar refractivity (Wildman–Crippen MR) is 117 cm³/mol. The fraction of sp³-hybridized carbons (Fsp3) is 0.143. The van der Waals surface area contributed by atoms with Crippen molar-refractivity contribution < 1.29 is 0 Å². The van der Waals surface area contributed by atoms with Gasteiger partial charge in [-0.25, -0.2) is 0 Å². The number of halogens is 1. The Morgan fingerprint density at radius 3 is 2.82 bits per heavy atom. The summed E-state index contributed by atoms with van der Waals surface area (Å²) < 4.78 is 2.13. The van der Waals surface area contributed by atoms with Crippen LogP contribution in [0.15, 0.2) is 66.1 Å². The van der Waals surface area contributed by atoms with Gasteiger partial charge in [0.25, 0.3) is 0 Å². The van der Waals surface area contributed by atoms with Gasteiger partial charge in [-0.2, -0.15) is 0 Å². The van der Waals surface area contributed by atoms with Crippen LogP contribution in [0, 0.1) is 6.92 Å². The number of rotatable bonds is 6. The molecule has 0 radical (unpaired) electrons. The number of pyridine rings is 2. The van der Waals surface area contributed by atoms with Gasteiger partial charge in [-0.15, -0.1) is 0 Å². The highest BCUT2D eigenvalue weighted by atomic mass is 35.5. The lowest BCUT2D eigenvalue weighted by atomic mass is 10.2. The number of aromatic nitrogens is 3. The first-order valence-corrected chi connectivity index (χ1v) is 10.1. The van der Waals surface area contributed by atoms with Gasteiger partial charge in [0.05, 0.1) is 33.6 Å². The third-order valence-corrected chi connectivity index (χ3v) is 5.56. The molecule has 7 heteroatoms. The highest BCUT2D eigenvalue weighted by Crippen LogP contribution is 2.32. The summed E-state index contributed by atoms with van der Waals surface area (Å²) in [4.78, 5) is 9.98. The van der Waals surface area contributed by atoms with Crippen LogP contribution in [0.4, 0.5) is 11.4 Å². The Morgan fingerprint density at radius 2 is 2.07 bits per heavy atom. The van der Waals surface area contributed by atoms with Crippen molar-refractivity contribution in [3.8, 4) is 0 Å². The fourth-order valence-electron chi connectivity index (χ4n) is 3.00. The van der Waals surface area contributed by atoms with Crippen molar-refractivity contribution in [2.75, 3.05) is 12.4 Å². The lowest BCUT2D eigenvalue weighted by molar-refractivity contribution is 0.821. The van der Waals surface area contributed by atoms with Gasteiger partial charge in [0.1, 0.15) is 0 Å². The van der Waals surface area contributed by atoms with E-state index in [9.17, 15) is 0 Å².